The number of phenolic OH excluding ortho intramolecular Hbond substituents is 1. The smallest absolute Gasteiger partial charge is 0.251 e. The fourth-order valence-corrected chi connectivity index (χ4v) is 1.86. The molecular weight excluding hydrogens is 284 g/mol. The number of carbonyl (C=O) groups is 1. The van der Waals surface area contributed by atoms with Gasteiger partial charge >= 0.3 is 0 Å². The van der Waals surface area contributed by atoms with Gasteiger partial charge in [-0.15, -0.1) is 0 Å². The fraction of sp³-hybridized carbons (Fsp3) is 0.250. The Labute approximate surface area is 108 Å². The van der Waals surface area contributed by atoms with E-state index in [0.717, 1.165) is 23.1 Å². The lowest BCUT2D eigenvalue weighted by Crippen LogP contribution is -2.36. The molecule has 1 saturated heterocycles. The first-order chi connectivity index (χ1) is 8.08. The van der Waals surface area contributed by atoms with Crippen molar-refractivity contribution in [2.24, 2.45) is 0 Å². The van der Waals surface area contributed by atoms with Crippen LogP contribution in [0.2, 0.25) is 0 Å². The summed E-state index contributed by atoms with van der Waals surface area (Å²) in [6.45, 7) is 3.33. The zero-order chi connectivity index (χ0) is 12.4. The maximum atomic E-state index is 11.9. The lowest BCUT2D eigenvalue weighted by atomic mass is 10.0. The Kier molecular flexibility index (Phi) is 3.49. The van der Waals surface area contributed by atoms with E-state index in [4.69, 9.17) is 0 Å². The molecule has 3 N–H and O–H groups in total. The van der Waals surface area contributed by atoms with E-state index < -0.39 is 0 Å². The highest BCUT2D eigenvalue weighted by molar-refractivity contribution is 9.10. The molecular formula is C12H13BrN2O2. The summed E-state index contributed by atoms with van der Waals surface area (Å²) in [6, 6.07) is 4.92. The molecule has 0 radical (unpaired) electrons. The van der Waals surface area contributed by atoms with E-state index in [2.05, 4.69) is 26.6 Å². The zero-order valence-corrected chi connectivity index (χ0v) is 11.0. The molecule has 2 rings (SSSR count). The van der Waals surface area contributed by atoms with Gasteiger partial charge in [0, 0.05) is 23.1 Å². The van der Waals surface area contributed by atoms with Gasteiger partial charge in [-0.1, -0.05) is 15.9 Å². The van der Waals surface area contributed by atoms with Gasteiger partial charge in [0.25, 0.3) is 5.91 Å². The third kappa shape index (κ3) is 2.68. The summed E-state index contributed by atoms with van der Waals surface area (Å²) in [6.07, 6.45) is 0. The van der Waals surface area contributed by atoms with Gasteiger partial charge in [-0.05, 0) is 30.7 Å². The van der Waals surface area contributed by atoms with E-state index in [1.807, 2.05) is 0 Å². The van der Waals surface area contributed by atoms with Crippen LogP contribution in [0.4, 0.5) is 5.69 Å². The standard InChI is InChI=1S/C12H13BrN2O2/c1-7(8-5-14-6-8)12(17)15-10-4-9(13)2-3-11(10)16/h2-4,14,16H,5-6H2,1H3,(H,15,17). The lowest BCUT2D eigenvalue weighted by Gasteiger charge is -2.21. The molecule has 0 aromatic heterocycles. The first kappa shape index (κ1) is 12.1. The van der Waals surface area contributed by atoms with Crippen LogP contribution in [0.25, 0.3) is 0 Å². The summed E-state index contributed by atoms with van der Waals surface area (Å²) in [7, 11) is 0. The molecule has 1 heterocycles. The number of nitrogens with one attached hydrogen (secondary N) is 2. The van der Waals surface area contributed by atoms with Crippen molar-refractivity contribution in [3.05, 3.63) is 33.8 Å². The average Bonchev–Trinajstić information content (AvgIpc) is 2.21. The molecule has 1 aromatic rings. The van der Waals surface area contributed by atoms with Gasteiger partial charge in [0.05, 0.1) is 5.69 Å². The predicted molar refractivity (Wildman–Crippen MR) is 70.0 cm³/mol. The number of amides is 1. The molecule has 1 aliphatic heterocycles. The third-order valence-electron chi connectivity index (χ3n) is 2.75. The average molecular weight is 297 g/mol. The quantitative estimate of drug-likeness (QED) is 0.578. The van der Waals surface area contributed by atoms with Crippen LogP contribution in [0.15, 0.2) is 33.8 Å². The molecule has 1 amide bonds. The summed E-state index contributed by atoms with van der Waals surface area (Å²) in [5.41, 5.74) is 2.23. The number of hydrogen-bond donors (Lipinski definition) is 3. The molecule has 17 heavy (non-hydrogen) atoms. The first-order valence-electron chi connectivity index (χ1n) is 5.27. The molecule has 0 spiro atoms. The van der Waals surface area contributed by atoms with Crippen molar-refractivity contribution >= 4 is 27.5 Å². The number of benzene rings is 1. The Morgan fingerprint density at radius 1 is 1.47 bits per heavy atom. The van der Waals surface area contributed by atoms with Crippen LogP contribution in [0.5, 0.6) is 5.75 Å². The summed E-state index contributed by atoms with van der Waals surface area (Å²) < 4.78 is 0.807. The Morgan fingerprint density at radius 3 is 2.76 bits per heavy atom. The van der Waals surface area contributed by atoms with Crippen molar-refractivity contribution in [1.82, 2.24) is 5.32 Å². The van der Waals surface area contributed by atoms with E-state index in [0.29, 0.717) is 11.3 Å². The van der Waals surface area contributed by atoms with Crippen LogP contribution in [0, 0.1) is 0 Å². The van der Waals surface area contributed by atoms with Gasteiger partial charge in [-0.3, -0.25) is 4.79 Å². The molecule has 0 aliphatic carbocycles. The van der Waals surface area contributed by atoms with Crippen LogP contribution in [-0.2, 0) is 4.79 Å². The third-order valence-corrected chi connectivity index (χ3v) is 3.25. The minimum absolute atomic E-state index is 0.0612. The topological polar surface area (TPSA) is 61.4 Å². The van der Waals surface area contributed by atoms with Crippen LogP contribution < -0.4 is 10.6 Å². The number of aromatic hydroxyl groups is 1. The summed E-state index contributed by atoms with van der Waals surface area (Å²) in [4.78, 5) is 11.9. The van der Waals surface area contributed by atoms with Crippen molar-refractivity contribution < 1.29 is 9.90 Å². The maximum Gasteiger partial charge on any atom is 0.251 e. The molecule has 90 valence electrons. The van der Waals surface area contributed by atoms with Gasteiger partial charge in [0.15, 0.2) is 0 Å². The second kappa shape index (κ2) is 4.89. The molecule has 1 aliphatic rings. The summed E-state index contributed by atoms with van der Waals surface area (Å²) in [5, 5.41) is 15.4. The van der Waals surface area contributed by atoms with E-state index >= 15 is 0 Å². The largest absolute Gasteiger partial charge is 0.506 e. The van der Waals surface area contributed by atoms with Crippen LogP contribution >= 0.6 is 15.9 Å². The number of rotatable bonds is 2. The highest BCUT2D eigenvalue weighted by atomic mass is 79.9. The molecule has 0 atom stereocenters. The Balaban J connectivity index is 2.15. The van der Waals surface area contributed by atoms with Gasteiger partial charge in [-0.2, -0.15) is 0 Å². The highest BCUT2D eigenvalue weighted by Crippen LogP contribution is 2.27. The van der Waals surface area contributed by atoms with Crippen LogP contribution in [-0.4, -0.2) is 24.1 Å². The van der Waals surface area contributed by atoms with Crippen molar-refractivity contribution in [2.45, 2.75) is 6.92 Å². The molecule has 0 bridgehead atoms. The van der Waals surface area contributed by atoms with Gasteiger partial charge < -0.3 is 15.7 Å². The van der Waals surface area contributed by atoms with E-state index in [1.54, 1.807) is 19.1 Å². The van der Waals surface area contributed by atoms with Crippen molar-refractivity contribution in [2.75, 3.05) is 18.4 Å². The molecule has 4 nitrogen and oxygen atoms in total. The number of halogens is 1. The normalized spacial score (nSPS) is 14.1. The molecule has 1 aromatic carbocycles. The second-order valence-corrected chi connectivity index (χ2v) is 4.86. The lowest BCUT2D eigenvalue weighted by molar-refractivity contribution is -0.112. The van der Waals surface area contributed by atoms with Gasteiger partial charge in [-0.25, -0.2) is 0 Å². The number of carbonyl (C=O) groups excluding carboxylic acids is 1. The minimum Gasteiger partial charge on any atom is -0.506 e. The zero-order valence-electron chi connectivity index (χ0n) is 9.38. The molecule has 1 fully saturated rings. The molecule has 0 unspecified atom stereocenters. The van der Waals surface area contributed by atoms with Gasteiger partial charge in [0.2, 0.25) is 0 Å². The van der Waals surface area contributed by atoms with Gasteiger partial charge in [0.1, 0.15) is 5.75 Å². The SMILES string of the molecule is CC(C(=O)Nc1cc(Br)ccc1O)=C1CNC1. The van der Waals surface area contributed by atoms with Crippen molar-refractivity contribution in [1.29, 1.82) is 0 Å². The summed E-state index contributed by atoms with van der Waals surface area (Å²) in [5.74, 6) is -0.110. The van der Waals surface area contributed by atoms with E-state index in [1.165, 1.54) is 6.07 Å². The first-order valence-corrected chi connectivity index (χ1v) is 6.06. The number of phenols is 1. The second-order valence-electron chi connectivity index (χ2n) is 3.95. The minimum atomic E-state index is -0.171. The van der Waals surface area contributed by atoms with Crippen molar-refractivity contribution in [3.63, 3.8) is 0 Å². The Bertz CT molecular complexity index is 491. The summed E-state index contributed by atoms with van der Waals surface area (Å²) >= 11 is 3.29. The number of hydrogen-bond acceptors (Lipinski definition) is 3. The van der Waals surface area contributed by atoms with E-state index in [-0.39, 0.29) is 11.7 Å². The number of anilines is 1. The van der Waals surface area contributed by atoms with Crippen LogP contribution in [0.3, 0.4) is 0 Å². The highest BCUT2D eigenvalue weighted by Gasteiger charge is 2.16. The molecule has 0 saturated carbocycles. The predicted octanol–water partition coefficient (Wildman–Crippen LogP) is 2.01. The monoisotopic (exact) mass is 296 g/mol. The fourth-order valence-electron chi connectivity index (χ4n) is 1.50. The maximum absolute atomic E-state index is 11.9. The molecule has 5 heteroatoms. The Hall–Kier alpha value is -1.33. The van der Waals surface area contributed by atoms with Crippen molar-refractivity contribution in [3.8, 4) is 5.75 Å². The van der Waals surface area contributed by atoms with Crippen LogP contribution in [0.1, 0.15) is 6.92 Å². The Morgan fingerprint density at radius 2 is 2.18 bits per heavy atom. The van der Waals surface area contributed by atoms with E-state index in [9.17, 15) is 9.90 Å².